The minimum absolute atomic E-state index is 0.453. The van der Waals surface area contributed by atoms with E-state index in [1.807, 2.05) is 37.1 Å². The van der Waals surface area contributed by atoms with Crippen molar-refractivity contribution in [3.05, 3.63) is 28.2 Å². The number of rotatable bonds is 6. The fourth-order valence-corrected chi connectivity index (χ4v) is 2.47. The molecule has 0 amide bonds. The Morgan fingerprint density at radius 3 is 2.67 bits per heavy atom. The number of hydrogen-bond acceptors (Lipinski definition) is 3. The molecule has 100 valence electrons. The van der Waals surface area contributed by atoms with Crippen LogP contribution in [0.25, 0.3) is 0 Å². The summed E-state index contributed by atoms with van der Waals surface area (Å²) in [6, 6.07) is 5.30. The van der Waals surface area contributed by atoms with E-state index in [1.165, 1.54) is 0 Å². The van der Waals surface area contributed by atoms with Crippen LogP contribution in [-0.2, 0) is 11.3 Å². The average Bonchev–Trinajstić information content (AvgIpc) is 2.29. The number of ether oxygens (including phenoxy) is 1. The van der Waals surface area contributed by atoms with Crippen molar-refractivity contribution in [2.24, 2.45) is 0 Å². The summed E-state index contributed by atoms with van der Waals surface area (Å²) < 4.78 is 6.03. The van der Waals surface area contributed by atoms with Gasteiger partial charge in [0.2, 0.25) is 0 Å². The summed E-state index contributed by atoms with van der Waals surface area (Å²) in [5.74, 6) is -0.0146. The maximum atomic E-state index is 11.1. The number of carboxylic acid groups (broad SMARTS) is 1. The Morgan fingerprint density at radius 2 is 2.22 bits per heavy atom. The summed E-state index contributed by atoms with van der Waals surface area (Å²) in [4.78, 5) is 12.9. The van der Waals surface area contributed by atoms with Crippen LogP contribution in [0.3, 0.4) is 0 Å². The van der Waals surface area contributed by atoms with Crippen molar-refractivity contribution in [3.63, 3.8) is 0 Å². The number of aliphatic carboxylic acids is 1. The third-order valence-corrected chi connectivity index (χ3v) is 3.47. The van der Waals surface area contributed by atoms with Gasteiger partial charge in [0.25, 0.3) is 0 Å². The second-order valence-electron chi connectivity index (χ2n) is 4.15. The third kappa shape index (κ3) is 3.71. The predicted molar refractivity (Wildman–Crippen MR) is 73.9 cm³/mol. The zero-order valence-electron chi connectivity index (χ0n) is 10.8. The molecule has 1 unspecified atom stereocenters. The van der Waals surface area contributed by atoms with Gasteiger partial charge in [-0.15, -0.1) is 0 Å². The Balaban J connectivity index is 2.78. The van der Waals surface area contributed by atoms with Crippen molar-refractivity contribution < 1.29 is 14.6 Å². The van der Waals surface area contributed by atoms with Crippen LogP contribution >= 0.6 is 15.9 Å². The zero-order valence-corrected chi connectivity index (χ0v) is 12.4. The van der Waals surface area contributed by atoms with Crippen LogP contribution in [0.5, 0.6) is 5.75 Å². The molecule has 0 bridgehead atoms. The maximum Gasteiger partial charge on any atom is 0.320 e. The van der Waals surface area contributed by atoms with Crippen molar-refractivity contribution in [3.8, 4) is 5.75 Å². The summed E-state index contributed by atoms with van der Waals surface area (Å²) >= 11 is 3.42. The van der Waals surface area contributed by atoms with E-state index in [-0.39, 0.29) is 0 Å². The molecule has 0 saturated carbocycles. The van der Waals surface area contributed by atoms with Crippen molar-refractivity contribution in [2.75, 3.05) is 14.2 Å². The highest BCUT2D eigenvalue weighted by atomic mass is 79.9. The van der Waals surface area contributed by atoms with Gasteiger partial charge in [0, 0.05) is 6.54 Å². The molecule has 0 saturated heterocycles. The largest absolute Gasteiger partial charge is 0.496 e. The summed E-state index contributed by atoms with van der Waals surface area (Å²) in [6.07, 6.45) is 0.586. The molecule has 18 heavy (non-hydrogen) atoms. The third-order valence-electron chi connectivity index (χ3n) is 2.85. The monoisotopic (exact) mass is 315 g/mol. The van der Waals surface area contributed by atoms with Crippen LogP contribution in [0.2, 0.25) is 0 Å². The Morgan fingerprint density at radius 1 is 1.56 bits per heavy atom. The normalized spacial score (nSPS) is 12.5. The molecule has 0 aliphatic carbocycles. The molecule has 0 radical (unpaired) electrons. The predicted octanol–water partition coefficient (Wildman–Crippen LogP) is 2.75. The second kappa shape index (κ2) is 6.75. The lowest BCUT2D eigenvalue weighted by molar-refractivity contribution is -0.143. The Bertz CT molecular complexity index is 423. The lowest BCUT2D eigenvalue weighted by Crippen LogP contribution is -2.37. The van der Waals surface area contributed by atoms with E-state index in [1.54, 1.807) is 7.11 Å². The van der Waals surface area contributed by atoms with Gasteiger partial charge in [-0.2, -0.15) is 0 Å². The van der Waals surface area contributed by atoms with Crippen LogP contribution in [0.1, 0.15) is 18.9 Å². The fraction of sp³-hybridized carbons (Fsp3) is 0.462. The lowest BCUT2D eigenvalue weighted by Gasteiger charge is -2.23. The molecule has 0 fully saturated rings. The molecule has 1 rings (SSSR count). The first-order valence-corrected chi connectivity index (χ1v) is 6.54. The van der Waals surface area contributed by atoms with Crippen LogP contribution in [-0.4, -0.2) is 36.2 Å². The highest BCUT2D eigenvalue weighted by Crippen LogP contribution is 2.26. The molecule has 0 heterocycles. The number of carboxylic acids is 1. The molecule has 0 aliphatic heterocycles. The number of benzene rings is 1. The first-order valence-electron chi connectivity index (χ1n) is 5.75. The van der Waals surface area contributed by atoms with Gasteiger partial charge in [0.05, 0.1) is 11.6 Å². The Kier molecular flexibility index (Phi) is 5.62. The molecule has 5 heteroatoms. The highest BCUT2D eigenvalue weighted by Gasteiger charge is 2.20. The van der Waals surface area contributed by atoms with Gasteiger partial charge >= 0.3 is 5.97 Å². The summed E-state index contributed by atoms with van der Waals surface area (Å²) in [5.41, 5.74) is 1.05. The highest BCUT2D eigenvalue weighted by molar-refractivity contribution is 9.10. The Labute approximate surface area is 116 Å². The molecule has 1 aromatic rings. The minimum atomic E-state index is -0.785. The van der Waals surface area contributed by atoms with E-state index in [2.05, 4.69) is 15.9 Å². The van der Waals surface area contributed by atoms with E-state index in [4.69, 9.17) is 9.84 Å². The standard InChI is InChI=1S/C13H18BrNO3/c1-4-11(13(16)17)15(2)8-9-5-6-12(18-3)10(14)7-9/h5-7,11H,4,8H2,1-3H3,(H,16,17). The zero-order chi connectivity index (χ0) is 13.7. The first kappa shape index (κ1) is 15.0. The van der Waals surface area contributed by atoms with E-state index >= 15 is 0 Å². The molecule has 0 aromatic heterocycles. The van der Waals surface area contributed by atoms with Crippen molar-refractivity contribution >= 4 is 21.9 Å². The van der Waals surface area contributed by atoms with Crippen LogP contribution < -0.4 is 4.74 Å². The quantitative estimate of drug-likeness (QED) is 0.877. The molecule has 1 aromatic carbocycles. The SMILES string of the molecule is CCC(C(=O)O)N(C)Cc1ccc(OC)c(Br)c1. The molecule has 1 N–H and O–H groups in total. The van der Waals surface area contributed by atoms with Gasteiger partial charge < -0.3 is 9.84 Å². The van der Waals surface area contributed by atoms with E-state index < -0.39 is 12.0 Å². The summed E-state index contributed by atoms with van der Waals surface area (Å²) in [6.45, 7) is 2.46. The average molecular weight is 316 g/mol. The molecular weight excluding hydrogens is 298 g/mol. The number of halogens is 1. The minimum Gasteiger partial charge on any atom is -0.496 e. The molecular formula is C13H18BrNO3. The van der Waals surface area contributed by atoms with Crippen molar-refractivity contribution in [2.45, 2.75) is 25.9 Å². The summed E-state index contributed by atoms with van der Waals surface area (Å²) in [5, 5.41) is 9.09. The van der Waals surface area contributed by atoms with Crippen molar-refractivity contribution in [1.82, 2.24) is 4.90 Å². The van der Waals surface area contributed by atoms with Gasteiger partial charge in [-0.1, -0.05) is 13.0 Å². The molecule has 0 aliphatic rings. The van der Waals surface area contributed by atoms with Gasteiger partial charge in [-0.05, 0) is 47.1 Å². The van der Waals surface area contributed by atoms with Gasteiger partial charge in [0.1, 0.15) is 11.8 Å². The number of nitrogens with zero attached hydrogens (tertiary/aromatic N) is 1. The fourth-order valence-electron chi connectivity index (χ4n) is 1.88. The van der Waals surface area contributed by atoms with Gasteiger partial charge in [0.15, 0.2) is 0 Å². The number of methoxy groups -OCH3 is 1. The topological polar surface area (TPSA) is 49.8 Å². The first-order chi connectivity index (χ1) is 8.49. The van der Waals surface area contributed by atoms with E-state index in [9.17, 15) is 4.79 Å². The van der Waals surface area contributed by atoms with E-state index in [0.29, 0.717) is 13.0 Å². The molecule has 4 nitrogen and oxygen atoms in total. The number of hydrogen-bond donors (Lipinski definition) is 1. The molecule has 1 atom stereocenters. The van der Waals surface area contributed by atoms with Crippen LogP contribution in [0.4, 0.5) is 0 Å². The number of carbonyl (C=O) groups is 1. The second-order valence-corrected chi connectivity index (χ2v) is 5.00. The maximum absolute atomic E-state index is 11.1. The van der Waals surface area contributed by atoms with Gasteiger partial charge in [-0.25, -0.2) is 0 Å². The smallest absolute Gasteiger partial charge is 0.320 e. The van der Waals surface area contributed by atoms with E-state index in [0.717, 1.165) is 15.8 Å². The van der Waals surface area contributed by atoms with Crippen LogP contribution in [0.15, 0.2) is 22.7 Å². The lowest BCUT2D eigenvalue weighted by atomic mass is 10.1. The summed E-state index contributed by atoms with van der Waals surface area (Å²) in [7, 11) is 3.43. The van der Waals surface area contributed by atoms with Gasteiger partial charge in [-0.3, -0.25) is 9.69 Å². The van der Waals surface area contributed by atoms with Crippen molar-refractivity contribution in [1.29, 1.82) is 0 Å². The number of likely N-dealkylation sites (N-methyl/N-ethyl adjacent to an activating group) is 1. The van der Waals surface area contributed by atoms with Crippen LogP contribution in [0, 0.1) is 0 Å². The Hall–Kier alpha value is -1.07. The molecule has 0 spiro atoms.